The maximum absolute atomic E-state index is 11.8. The summed E-state index contributed by atoms with van der Waals surface area (Å²) in [6, 6.07) is 16.6. The van der Waals surface area contributed by atoms with E-state index in [9.17, 15) is 9.90 Å². The van der Waals surface area contributed by atoms with E-state index < -0.39 is 0 Å². The minimum absolute atomic E-state index is 0.0429. The van der Waals surface area contributed by atoms with Crippen molar-refractivity contribution in [2.24, 2.45) is 0 Å². The Morgan fingerprint density at radius 3 is 2.76 bits per heavy atom. The molecule has 0 bridgehead atoms. The van der Waals surface area contributed by atoms with Gasteiger partial charge in [0.15, 0.2) is 0 Å². The van der Waals surface area contributed by atoms with Crippen LogP contribution in [0.5, 0.6) is 0 Å². The van der Waals surface area contributed by atoms with Gasteiger partial charge in [0, 0.05) is 22.4 Å². The summed E-state index contributed by atoms with van der Waals surface area (Å²) in [5, 5.41) is 13.8. The number of ether oxygens (including phenoxy) is 1. The normalized spacial score (nSPS) is 19.2. The second kappa shape index (κ2) is 11.1. The van der Waals surface area contributed by atoms with Crippen molar-refractivity contribution in [1.29, 1.82) is 0 Å². The zero-order chi connectivity index (χ0) is 20.5. The number of anilines is 1. The van der Waals surface area contributed by atoms with Crippen molar-refractivity contribution in [3.8, 4) is 0 Å². The van der Waals surface area contributed by atoms with Crippen LogP contribution in [-0.2, 0) is 15.3 Å². The van der Waals surface area contributed by atoms with Crippen LogP contribution in [0, 0.1) is 0 Å². The molecular weight excluding hydrogens is 382 g/mol. The first kappa shape index (κ1) is 21.5. The van der Waals surface area contributed by atoms with E-state index in [2.05, 4.69) is 29.6 Å². The Balaban J connectivity index is 1.77. The van der Waals surface area contributed by atoms with E-state index in [-0.39, 0.29) is 18.1 Å². The van der Waals surface area contributed by atoms with Gasteiger partial charge in [-0.1, -0.05) is 43.2 Å². The van der Waals surface area contributed by atoms with Gasteiger partial charge in [0.25, 0.3) is 0 Å². The molecule has 1 saturated carbocycles. The smallest absolute Gasteiger partial charge is 0.330 e. The minimum atomic E-state index is -0.349. The fourth-order valence-electron chi connectivity index (χ4n) is 3.47. The maximum atomic E-state index is 11.8. The van der Waals surface area contributed by atoms with Crippen LogP contribution in [0.4, 0.5) is 5.69 Å². The van der Waals surface area contributed by atoms with Gasteiger partial charge in [0.1, 0.15) is 0 Å². The molecule has 0 heterocycles. The van der Waals surface area contributed by atoms with Gasteiger partial charge in [0.05, 0.1) is 18.8 Å². The Morgan fingerprint density at radius 2 is 2.00 bits per heavy atom. The molecule has 0 amide bonds. The van der Waals surface area contributed by atoms with E-state index in [1.807, 2.05) is 24.3 Å². The van der Waals surface area contributed by atoms with Crippen molar-refractivity contribution < 1.29 is 14.6 Å². The molecule has 5 heteroatoms. The number of carbonyl (C=O) groups is 1. The van der Waals surface area contributed by atoms with Crippen molar-refractivity contribution in [2.45, 2.75) is 55.4 Å². The first-order valence-corrected chi connectivity index (χ1v) is 11.2. The predicted molar refractivity (Wildman–Crippen MR) is 120 cm³/mol. The van der Waals surface area contributed by atoms with Crippen molar-refractivity contribution in [1.82, 2.24) is 0 Å². The fourth-order valence-corrected chi connectivity index (χ4v) is 4.37. The number of nitrogens with one attached hydrogen (secondary N) is 1. The number of esters is 1. The Hall–Kier alpha value is -2.24. The number of hydrogen-bond donors (Lipinski definition) is 2. The summed E-state index contributed by atoms with van der Waals surface area (Å²) in [6.07, 6.45) is 6.90. The summed E-state index contributed by atoms with van der Waals surface area (Å²) in [7, 11) is 0. The molecule has 2 atom stereocenters. The van der Waals surface area contributed by atoms with Crippen molar-refractivity contribution >= 4 is 29.5 Å². The molecule has 2 N–H and O–H groups in total. The Labute approximate surface area is 177 Å². The lowest BCUT2D eigenvalue weighted by molar-refractivity contribution is -0.137. The lowest BCUT2D eigenvalue weighted by atomic mass is 9.92. The van der Waals surface area contributed by atoms with Gasteiger partial charge in [-0.25, -0.2) is 4.79 Å². The lowest BCUT2D eigenvalue weighted by Crippen LogP contribution is -2.36. The Morgan fingerprint density at radius 1 is 1.21 bits per heavy atom. The number of aliphatic hydroxyl groups excluding tert-OH is 1. The molecule has 0 spiro atoms. The number of rotatable bonds is 8. The molecular formula is C24H29NO3S. The van der Waals surface area contributed by atoms with E-state index in [1.165, 1.54) is 11.6 Å². The van der Waals surface area contributed by atoms with E-state index in [4.69, 9.17) is 4.74 Å². The fraction of sp³-hybridized carbons (Fsp3) is 0.375. The van der Waals surface area contributed by atoms with Crippen LogP contribution < -0.4 is 5.32 Å². The number of aliphatic hydroxyl groups is 1. The molecule has 0 aromatic heterocycles. The van der Waals surface area contributed by atoms with Crippen molar-refractivity contribution in [3.05, 3.63) is 65.7 Å². The van der Waals surface area contributed by atoms with Gasteiger partial charge < -0.3 is 15.2 Å². The summed E-state index contributed by atoms with van der Waals surface area (Å²) in [5.74, 6) is 0.536. The van der Waals surface area contributed by atoms with E-state index in [0.717, 1.165) is 47.6 Å². The van der Waals surface area contributed by atoms with Crippen LogP contribution in [-0.4, -0.2) is 29.8 Å². The SMILES string of the molecule is CCOC(=O)/C=C/c1cc(SCc2ccccc2)ccc1N[C@H]1CCCC[C@@H]1O. The second-order valence-corrected chi connectivity index (χ2v) is 8.26. The summed E-state index contributed by atoms with van der Waals surface area (Å²) < 4.78 is 5.01. The van der Waals surface area contributed by atoms with E-state index in [1.54, 1.807) is 24.8 Å². The topological polar surface area (TPSA) is 58.6 Å². The number of carbonyl (C=O) groups excluding carboxylic acids is 1. The number of hydrogen-bond acceptors (Lipinski definition) is 5. The first-order chi connectivity index (χ1) is 14.2. The predicted octanol–water partition coefficient (Wildman–Crippen LogP) is 5.27. The third-order valence-corrected chi connectivity index (χ3v) is 6.09. The minimum Gasteiger partial charge on any atom is -0.463 e. The number of thioether (sulfide) groups is 1. The zero-order valence-corrected chi connectivity index (χ0v) is 17.7. The van der Waals surface area contributed by atoms with Crippen LogP contribution in [0.2, 0.25) is 0 Å². The highest BCUT2D eigenvalue weighted by atomic mass is 32.2. The number of benzene rings is 2. The molecule has 1 aliphatic carbocycles. The van der Waals surface area contributed by atoms with Gasteiger partial charge >= 0.3 is 5.97 Å². The zero-order valence-electron chi connectivity index (χ0n) is 16.8. The van der Waals surface area contributed by atoms with Gasteiger partial charge in [0.2, 0.25) is 0 Å². The molecule has 4 nitrogen and oxygen atoms in total. The maximum Gasteiger partial charge on any atom is 0.330 e. The molecule has 154 valence electrons. The summed E-state index contributed by atoms with van der Waals surface area (Å²) in [6.45, 7) is 2.15. The van der Waals surface area contributed by atoms with Crippen LogP contribution in [0.3, 0.4) is 0 Å². The van der Waals surface area contributed by atoms with Gasteiger partial charge in [-0.05, 0) is 55.2 Å². The standard InChI is InChI=1S/C24H29NO3S/c1-2-28-24(27)15-12-19-16-20(29-17-18-8-4-3-5-9-18)13-14-21(19)25-22-10-6-7-11-23(22)26/h3-5,8-9,12-16,22-23,25-26H,2,6-7,10-11,17H2,1H3/b15-12+/t22-,23-/m0/s1. The third kappa shape index (κ3) is 6.65. The molecule has 0 radical (unpaired) electrons. The highest BCUT2D eigenvalue weighted by Gasteiger charge is 2.23. The third-order valence-electron chi connectivity index (χ3n) is 5.03. The van der Waals surface area contributed by atoms with Crippen molar-refractivity contribution in [2.75, 3.05) is 11.9 Å². The average molecular weight is 412 g/mol. The second-order valence-electron chi connectivity index (χ2n) is 7.21. The quantitative estimate of drug-likeness (QED) is 0.352. The van der Waals surface area contributed by atoms with Crippen LogP contribution in [0.15, 0.2) is 59.5 Å². The molecule has 0 aliphatic heterocycles. The molecule has 1 aliphatic rings. The molecule has 0 saturated heterocycles. The molecule has 2 aromatic carbocycles. The molecule has 0 unspecified atom stereocenters. The van der Waals surface area contributed by atoms with Crippen LogP contribution in [0.1, 0.15) is 43.7 Å². The average Bonchev–Trinajstić information content (AvgIpc) is 2.74. The molecule has 1 fully saturated rings. The van der Waals surface area contributed by atoms with Crippen LogP contribution >= 0.6 is 11.8 Å². The summed E-state index contributed by atoms with van der Waals surface area (Å²) in [5.41, 5.74) is 3.13. The summed E-state index contributed by atoms with van der Waals surface area (Å²) >= 11 is 1.76. The lowest BCUT2D eigenvalue weighted by Gasteiger charge is -2.30. The van der Waals surface area contributed by atoms with Gasteiger partial charge in [-0.2, -0.15) is 0 Å². The highest BCUT2D eigenvalue weighted by molar-refractivity contribution is 7.98. The highest BCUT2D eigenvalue weighted by Crippen LogP contribution is 2.30. The largest absolute Gasteiger partial charge is 0.463 e. The van der Waals surface area contributed by atoms with Gasteiger partial charge in [-0.3, -0.25) is 0 Å². The van der Waals surface area contributed by atoms with E-state index >= 15 is 0 Å². The Bertz CT molecular complexity index is 822. The monoisotopic (exact) mass is 411 g/mol. The molecule has 2 aromatic rings. The summed E-state index contributed by atoms with van der Waals surface area (Å²) in [4.78, 5) is 12.9. The molecule has 3 rings (SSSR count). The van der Waals surface area contributed by atoms with Crippen molar-refractivity contribution in [3.63, 3.8) is 0 Å². The Kier molecular flexibility index (Phi) is 8.20. The van der Waals surface area contributed by atoms with Gasteiger partial charge in [-0.15, -0.1) is 11.8 Å². The first-order valence-electron chi connectivity index (χ1n) is 10.3. The van der Waals surface area contributed by atoms with E-state index in [0.29, 0.717) is 6.61 Å². The molecule has 29 heavy (non-hydrogen) atoms. The van der Waals surface area contributed by atoms with Crippen LogP contribution in [0.25, 0.3) is 6.08 Å².